The van der Waals surface area contributed by atoms with Crippen LogP contribution in [-0.2, 0) is 0 Å². The summed E-state index contributed by atoms with van der Waals surface area (Å²) in [5.74, 6) is 0. The number of nitrogens with zero attached hydrogens (tertiary/aromatic N) is 1. The third-order valence-electron chi connectivity index (χ3n) is 21.1. The van der Waals surface area contributed by atoms with Gasteiger partial charge < -0.3 is 4.57 Å². The molecule has 2 aliphatic rings. The SMILES string of the molecule is c1ccc(-c2c(-c3ccccc3)c(-c3ccccc3)c3c(c2-c2ccccc2)-c2cccc4c(-c5ccc6c(c5)c5cc(-c7ccc8c9c(cccc79)-c7c(-c9ccccc9)c(-c9ccccc9)c(-c9ccccc9)c(-c9ccccc9)c7-8)ccc5n6-c5ccccc5)ccc-3c24)cc1. The summed E-state index contributed by atoms with van der Waals surface area (Å²) in [5, 5.41) is 7.45. The molecule has 18 aromatic rings. The van der Waals surface area contributed by atoms with Gasteiger partial charge >= 0.3 is 0 Å². The second-order valence-corrected chi connectivity index (χ2v) is 26.3. The zero-order chi connectivity index (χ0) is 65.1. The Hall–Kier alpha value is -12.9. The Morgan fingerprint density at radius 3 is 0.646 bits per heavy atom. The second kappa shape index (κ2) is 22.9. The minimum absolute atomic E-state index is 1.13. The van der Waals surface area contributed by atoms with Crippen LogP contribution in [0.25, 0.3) is 205 Å². The zero-order valence-corrected chi connectivity index (χ0v) is 54.2. The van der Waals surface area contributed by atoms with Crippen molar-refractivity contribution in [3.63, 3.8) is 0 Å². The first kappa shape index (κ1) is 56.4. The average molecular weight is 1250 g/mol. The minimum Gasteiger partial charge on any atom is -0.309 e. The van der Waals surface area contributed by atoms with E-state index in [-0.39, 0.29) is 0 Å². The van der Waals surface area contributed by atoms with Crippen molar-refractivity contribution in [2.45, 2.75) is 0 Å². The highest BCUT2D eigenvalue weighted by atomic mass is 15.0. The summed E-state index contributed by atoms with van der Waals surface area (Å²) in [6.45, 7) is 0. The molecule has 1 heterocycles. The van der Waals surface area contributed by atoms with Gasteiger partial charge in [0.1, 0.15) is 0 Å². The highest BCUT2D eigenvalue weighted by Gasteiger charge is 2.37. The Bertz CT molecular complexity index is 5640. The monoisotopic (exact) mass is 1250 g/mol. The molecular weight excluding hydrogens is 1190 g/mol. The summed E-state index contributed by atoms with van der Waals surface area (Å²) in [4.78, 5) is 0. The van der Waals surface area contributed by atoms with E-state index in [9.17, 15) is 0 Å². The number of aromatic nitrogens is 1. The fourth-order valence-electron chi connectivity index (χ4n) is 17.1. The first-order valence-corrected chi connectivity index (χ1v) is 34.4. The molecule has 0 radical (unpaired) electrons. The number of hydrogen-bond acceptors (Lipinski definition) is 0. The molecule has 2 aliphatic carbocycles. The molecular formula is C98H61N. The molecule has 0 N–H and O–H groups in total. The lowest BCUT2D eigenvalue weighted by atomic mass is 9.76. The van der Waals surface area contributed by atoms with Crippen molar-refractivity contribution < 1.29 is 0 Å². The Morgan fingerprint density at radius 1 is 0.141 bits per heavy atom. The summed E-state index contributed by atoms with van der Waals surface area (Å²) in [5.41, 5.74) is 37.9. The van der Waals surface area contributed by atoms with Gasteiger partial charge in [-0.15, -0.1) is 0 Å². The van der Waals surface area contributed by atoms with E-state index in [1.165, 1.54) is 199 Å². The lowest BCUT2D eigenvalue weighted by Crippen LogP contribution is -1.99. The van der Waals surface area contributed by atoms with Gasteiger partial charge in [0.25, 0.3) is 0 Å². The molecule has 0 aliphatic heterocycles. The van der Waals surface area contributed by atoms with Gasteiger partial charge in [0.05, 0.1) is 11.0 Å². The van der Waals surface area contributed by atoms with Gasteiger partial charge in [-0.2, -0.15) is 0 Å². The predicted octanol–water partition coefficient (Wildman–Crippen LogP) is 27.1. The zero-order valence-electron chi connectivity index (χ0n) is 54.2. The van der Waals surface area contributed by atoms with E-state index in [2.05, 4.69) is 375 Å². The Labute approximate surface area is 575 Å². The predicted molar refractivity (Wildman–Crippen MR) is 419 cm³/mol. The summed E-state index contributed by atoms with van der Waals surface area (Å²) >= 11 is 0. The van der Waals surface area contributed by atoms with Crippen LogP contribution in [0.15, 0.2) is 370 Å². The van der Waals surface area contributed by atoms with Crippen LogP contribution in [0.4, 0.5) is 0 Å². The smallest absolute Gasteiger partial charge is 0.0541 e. The van der Waals surface area contributed by atoms with Gasteiger partial charge in [0.15, 0.2) is 0 Å². The molecule has 99 heavy (non-hydrogen) atoms. The number of hydrogen-bond donors (Lipinski definition) is 0. The first-order valence-electron chi connectivity index (χ1n) is 34.4. The van der Waals surface area contributed by atoms with Crippen LogP contribution in [0.2, 0.25) is 0 Å². The van der Waals surface area contributed by atoms with E-state index in [1.807, 2.05) is 0 Å². The quantitative estimate of drug-likeness (QED) is 0.122. The summed E-state index contributed by atoms with van der Waals surface area (Å²) in [6, 6.07) is 138. The van der Waals surface area contributed by atoms with Gasteiger partial charge in [0, 0.05) is 16.5 Å². The van der Waals surface area contributed by atoms with Crippen LogP contribution in [-0.4, -0.2) is 4.57 Å². The summed E-state index contributed by atoms with van der Waals surface area (Å²) in [7, 11) is 0. The van der Waals surface area contributed by atoms with E-state index in [1.54, 1.807) is 0 Å². The highest BCUT2D eigenvalue weighted by molar-refractivity contribution is 6.30. The standard InChI is InChI=1S/C98H61N/c1-10-30-62(31-11-1)85-87(64-34-14-3-15-35-64)91(68-42-22-7-23-43-68)97-79-56-54-73(75-48-28-50-77(93(75)79)95(97)89(85)66-38-18-5-19-39-66)70-52-58-83-81(60-70)82-61-71(53-59-84(82)99(83)72-46-26-9-27-47-72)74-55-57-80-94-76(74)49-29-51-78(94)96-90(67-40-20-6-21-41-67)86(63-32-12-2-13-33-63)88(65-36-16-4-17-37-65)92(98(80)96)69-44-24-8-25-45-69/h1-61H. The van der Waals surface area contributed by atoms with E-state index in [0.29, 0.717) is 0 Å². The molecule has 0 unspecified atom stereocenters. The normalized spacial score (nSPS) is 11.8. The first-order chi connectivity index (χ1) is 49.2. The molecule has 0 fully saturated rings. The van der Waals surface area contributed by atoms with E-state index in [4.69, 9.17) is 0 Å². The van der Waals surface area contributed by atoms with Gasteiger partial charge in [-0.05, 0) is 214 Å². The summed E-state index contributed by atoms with van der Waals surface area (Å²) in [6.07, 6.45) is 0. The maximum Gasteiger partial charge on any atom is 0.0541 e. The number of benzene rings is 17. The maximum atomic E-state index is 2.48. The number of fused-ring (bicyclic) bond motifs is 9. The highest BCUT2D eigenvalue weighted by Crippen LogP contribution is 2.64. The molecule has 0 saturated carbocycles. The van der Waals surface area contributed by atoms with Crippen molar-refractivity contribution in [2.75, 3.05) is 0 Å². The molecule has 0 saturated heterocycles. The molecule has 1 nitrogen and oxygen atoms in total. The van der Waals surface area contributed by atoms with Crippen LogP contribution in [0.1, 0.15) is 0 Å². The van der Waals surface area contributed by atoms with Crippen LogP contribution >= 0.6 is 0 Å². The molecule has 0 spiro atoms. The van der Waals surface area contributed by atoms with E-state index in [0.717, 1.165) is 5.69 Å². The van der Waals surface area contributed by atoms with Crippen molar-refractivity contribution in [2.24, 2.45) is 0 Å². The van der Waals surface area contributed by atoms with Crippen molar-refractivity contribution in [3.05, 3.63) is 370 Å². The number of para-hydroxylation sites is 1. The summed E-state index contributed by atoms with van der Waals surface area (Å²) < 4.78 is 2.46. The van der Waals surface area contributed by atoms with Crippen molar-refractivity contribution in [1.82, 2.24) is 4.57 Å². The van der Waals surface area contributed by atoms with Gasteiger partial charge in [-0.25, -0.2) is 0 Å². The van der Waals surface area contributed by atoms with Gasteiger partial charge in [-0.3, -0.25) is 0 Å². The van der Waals surface area contributed by atoms with Gasteiger partial charge in [0.2, 0.25) is 0 Å². The molecule has 20 rings (SSSR count). The lowest BCUT2D eigenvalue weighted by molar-refractivity contribution is 1.18. The molecule has 458 valence electrons. The van der Waals surface area contributed by atoms with E-state index >= 15 is 0 Å². The topological polar surface area (TPSA) is 4.93 Å². The third kappa shape index (κ3) is 8.74. The van der Waals surface area contributed by atoms with Crippen LogP contribution < -0.4 is 0 Å². The Morgan fingerprint density at radius 2 is 0.374 bits per heavy atom. The van der Waals surface area contributed by atoms with E-state index < -0.39 is 0 Å². The molecule has 0 amide bonds. The van der Waals surface area contributed by atoms with Crippen LogP contribution in [0, 0.1) is 0 Å². The molecule has 0 bridgehead atoms. The van der Waals surface area contributed by atoms with Crippen molar-refractivity contribution in [3.8, 4) is 161 Å². The van der Waals surface area contributed by atoms with Crippen LogP contribution in [0.5, 0.6) is 0 Å². The largest absolute Gasteiger partial charge is 0.309 e. The Kier molecular flexibility index (Phi) is 13.0. The lowest BCUT2D eigenvalue weighted by Gasteiger charge is -2.26. The van der Waals surface area contributed by atoms with Crippen molar-refractivity contribution >= 4 is 43.4 Å². The molecule has 0 atom stereocenters. The maximum absolute atomic E-state index is 2.48. The third-order valence-corrected chi connectivity index (χ3v) is 21.1. The average Bonchev–Trinajstić information content (AvgIpc) is 1.57. The molecule has 17 aromatic carbocycles. The fraction of sp³-hybridized carbons (Fsp3) is 0. The second-order valence-electron chi connectivity index (χ2n) is 26.3. The van der Waals surface area contributed by atoms with Crippen LogP contribution in [0.3, 0.4) is 0 Å². The Balaban J connectivity index is 0.814. The molecule has 1 aromatic heterocycles. The fourth-order valence-corrected chi connectivity index (χ4v) is 17.1. The number of rotatable bonds is 11. The van der Waals surface area contributed by atoms with Gasteiger partial charge in [-0.1, -0.05) is 334 Å². The minimum atomic E-state index is 1.13. The van der Waals surface area contributed by atoms with Crippen molar-refractivity contribution in [1.29, 1.82) is 0 Å². The molecule has 1 heteroatoms.